The Balaban J connectivity index is 2.14. The van der Waals surface area contributed by atoms with Gasteiger partial charge in [0.15, 0.2) is 0 Å². The number of hydrogen-bond acceptors (Lipinski definition) is 2. The zero-order valence-corrected chi connectivity index (χ0v) is 7.26. The van der Waals surface area contributed by atoms with Crippen LogP contribution in [0.2, 0.25) is 0 Å². The van der Waals surface area contributed by atoms with Crippen molar-refractivity contribution in [2.45, 2.75) is 31.4 Å². The Labute approximate surface area is 66.5 Å². The third-order valence-corrected chi connectivity index (χ3v) is 4.40. The fraction of sp³-hybridized carbons (Fsp3) is 1.00. The van der Waals surface area contributed by atoms with E-state index in [0.29, 0.717) is 18.8 Å². The molecule has 0 amide bonds. The molecule has 2 saturated carbocycles. The van der Waals surface area contributed by atoms with E-state index >= 15 is 0 Å². The molecule has 0 aromatic carbocycles. The van der Waals surface area contributed by atoms with Crippen molar-refractivity contribution in [3.05, 3.63) is 0 Å². The lowest BCUT2D eigenvalue weighted by Crippen LogP contribution is -2.19. The molecule has 0 heterocycles. The summed E-state index contributed by atoms with van der Waals surface area (Å²) in [6, 6.07) is 0. The molecule has 2 rings (SSSR count). The molecule has 2 aliphatic carbocycles. The van der Waals surface area contributed by atoms with E-state index in [1.807, 2.05) is 0 Å². The molecule has 0 aliphatic heterocycles. The van der Waals surface area contributed by atoms with Crippen LogP contribution >= 0.6 is 0 Å². The summed E-state index contributed by atoms with van der Waals surface area (Å²) in [5.74, 6) is 0.564. The van der Waals surface area contributed by atoms with E-state index in [9.17, 15) is 8.42 Å². The molecule has 0 bridgehead atoms. The number of fused-ring (bicyclic) bond motifs is 1. The Morgan fingerprint density at radius 3 is 2.36 bits per heavy atom. The molecular weight excluding hydrogens is 164 g/mol. The summed E-state index contributed by atoms with van der Waals surface area (Å²) in [6.07, 6.45) is 2.49. The van der Waals surface area contributed by atoms with Gasteiger partial charge in [-0.2, -0.15) is 8.42 Å². The van der Waals surface area contributed by atoms with Gasteiger partial charge in [0.25, 0.3) is 10.1 Å². The minimum Gasteiger partial charge on any atom is -0.285 e. The van der Waals surface area contributed by atoms with E-state index in [1.54, 1.807) is 0 Å². The first kappa shape index (κ1) is 7.55. The van der Waals surface area contributed by atoms with Gasteiger partial charge in [-0.05, 0) is 30.6 Å². The van der Waals surface area contributed by atoms with Gasteiger partial charge in [-0.25, -0.2) is 0 Å². The van der Waals surface area contributed by atoms with Crippen LogP contribution in [0.4, 0.5) is 0 Å². The summed E-state index contributed by atoms with van der Waals surface area (Å²) in [6.45, 7) is 2.10. The van der Waals surface area contributed by atoms with Crippen LogP contribution in [0.1, 0.15) is 26.2 Å². The zero-order valence-electron chi connectivity index (χ0n) is 6.45. The molecule has 1 N–H and O–H groups in total. The van der Waals surface area contributed by atoms with E-state index in [1.165, 1.54) is 0 Å². The van der Waals surface area contributed by atoms with Gasteiger partial charge in [-0.1, -0.05) is 6.92 Å². The molecule has 2 aliphatic rings. The molecule has 0 unspecified atom stereocenters. The van der Waals surface area contributed by atoms with Gasteiger partial charge in [0, 0.05) is 0 Å². The molecular formula is C7H12O3S. The lowest BCUT2D eigenvalue weighted by atomic mass is 10.1. The lowest BCUT2D eigenvalue weighted by molar-refractivity contribution is 0.452. The van der Waals surface area contributed by atoms with E-state index in [0.717, 1.165) is 6.42 Å². The standard InChI is InChI=1S/C7H12O3S/c1-7-3-5(7)2-6(4-7)11(8,9)10/h5-6H,2-4H2,1H3,(H,8,9,10)/t5-,6-,7-/m1/s1. The highest BCUT2D eigenvalue weighted by Crippen LogP contribution is 2.64. The number of rotatable bonds is 1. The van der Waals surface area contributed by atoms with E-state index in [2.05, 4.69) is 6.92 Å². The summed E-state index contributed by atoms with van der Waals surface area (Å²) >= 11 is 0. The van der Waals surface area contributed by atoms with Gasteiger partial charge in [0.1, 0.15) is 0 Å². The Hall–Kier alpha value is -0.0900. The van der Waals surface area contributed by atoms with Crippen molar-refractivity contribution in [1.29, 1.82) is 0 Å². The van der Waals surface area contributed by atoms with Crippen molar-refractivity contribution >= 4 is 10.1 Å². The molecule has 64 valence electrons. The number of hydrogen-bond donors (Lipinski definition) is 1. The second-order valence-corrected chi connectivity index (χ2v) is 5.83. The lowest BCUT2D eigenvalue weighted by Gasteiger charge is -2.08. The van der Waals surface area contributed by atoms with Gasteiger partial charge in [-0.15, -0.1) is 0 Å². The smallest absolute Gasteiger partial charge is 0.267 e. The predicted molar refractivity (Wildman–Crippen MR) is 40.8 cm³/mol. The first-order valence-corrected chi connectivity index (χ1v) is 5.38. The van der Waals surface area contributed by atoms with Crippen molar-refractivity contribution in [3.8, 4) is 0 Å². The van der Waals surface area contributed by atoms with E-state index in [-0.39, 0.29) is 5.41 Å². The van der Waals surface area contributed by atoms with E-state index < -0.39 is 15.4 Å². The summed E-state index contributed by atoms with van der Waals surface area (Å²) in [4.78, 5) is 0. The van der Waals surface area contributed by atoms with Crippen LogP contribution in [0.5, 0.6) is 0 Å². The van der Waals surface area contributed by atoms with Crippen molar-refractivity contribution in [3.63, 3.8) is 0 Å². The summed E-state index contributed by atoms with van der Waals surface area (Å²) in [5.41, 5.74) is 0.250. The molecule has 0 saturated heterocycles. The third kappa shape index (κ3) is 1.08. The SMILES string of the molecule is C[C@]12C[C@H]1C[C@@H](S(=O)(=O)O)C2. The molecule has 0 aromatic rings. The topological polar surface area (TPSA) is 54.4 Å². The summed E-state index contributed by atoms with van der Waals surface area (Å²) in [5, 5.41) is -0.466. The van der Waals surface area contributed by atoms with Crippen molar-refractivity contribution in [1.82, 2.24) is 0 Å². The van der Waals surface area contributed by atoms with Crippen LogP contribution in [-0.4, -0.2) is 18.2 Å². The predicted octanol–water partition coefficient (Wildman–Crippen LogP) is 1.06. The second-order valence-electron chi connectivity index (χ2n) is 4.13. The van der Waals surface area contributed by atoms with Crippen LogP contribution in [0.25, 0.3) is 0 Å². The van der Waals surface area contributed by atoms with Crippen LogP contribution in [0.15, 0.2) is 0 Å². The molecule has 3 nitrogen and oxygen atoms in total. The third-order valence-electron chi connectivity index (χ3n) is 3.20. The second kappa shape index (κ2) is 1.80. The fourth-order valence-corrected chi connectivity index (χ4v) is 3.34. The normalized spacial score (nSPS) is 48.9. The fourth-order valence-electron chi connectivity index (χ4n) is 2.27. The maximum absolute atomic E-state index is 10.7. The Morgan fingerprint density at radius 2 is 2.09 bits per heavy atom. The zero-order chi connectivity index (χ0) is 8.28. The maximum Gasteiger partial charge on any atom is 0.267 e. The Bertz CT molecular complexity index is 282. The quantitative estimate of drug-likeness (QED) is 0.608. The monoisotopic (exact) mass is 176 g/mol. The first-order chi connectivity index (χ1) is 4.92. The highest BCUT2D eigenvalue weighted by atomic mass is 32.2. The minimum absolute atomic E-state index is 0.250. The van der Waals surface area contributed by atoms with Crippen LogP contribution in [-0.2, 0) is 10.1 Å². The van der Waals surface area contributed by atoms with Crippen LogP contribution in [0, 0.1) is 11.3 Å². The molecule has 11 heavy (non-hydrogen) atoms. The molecule has 0 radical (unpaired) electrons. The highest BCUT2D eigenvalue weighted by molar-refractivity contribution is 7.86. The van der Waals surface area contributed by atoms with Crippen molar-refractivity contribution in [2.75, 3.05) is 0 Å². The Morgan fingerprint density at radius 1 is 1.45 bits per heavy atom. The minimum atomic E-state index is -3.74. The average molecular weight is 176 g/mol. The summed E-state index contributed by atoms with van der Waals surface area (Å²) in [7, 11) is -3.74. The average Bonchev–Trinajstić information content (AvgIpc) is 2.30. The van der Waals surface area contributed by atoms with Gasteiger partial charge in [0.2, 0.25) is 0 Å². The van der Waals surface area contributed by atoms with Gasteiger partial charge in [0.05, 0.1) is 5.25 Å². The molecule has 2 fully saturated rings. The van der Waals surface area contributed by atoms with Crippen molar-refractivity contribution < 1.29 is 13.0 Å². The molecule has 0 spiro atoms. The van der Waals surface area contributed by atoms with Crippen LogP contribution in [0.3, 0.4) is 0 Å². The first-order valence-electron chi connectivity index (χ1n) is 3.88. The molecule has 3 atom stereocenters. The van der Waals surface area contributed by atoms with E-state index in [4.69, 9.17) is 4.55 Å². The largest absolute Gasteiger partial charge is 0.285 e. The van der Waals surface area contributed by atoms with Crippen LogP contribution < -0.4 is 0 Å². The van der Waals surface area contributed by atoms with Gasteiger partial charge >= 0.3 is 0 Å². The van der Waals surface area contributed by atoms with Gasteiger partial charge < -0.3 is 0 Å². The summed E-state index contributed by atoms with van der Waals surface area (Å²) < 4.78 is 30.1. The maximum atomic E-state index is 10.7. The molecule has 0 aromatic heterocycles. The highest BCUT2D eigenvalue weighted by Gasteiger charge is 2.59. The van der Waals surface area contributed by atoms with Crippen molar-refractivity contribution in [2.24, 2.45) is 11.3 Å². The molecule has 4 heteroatoms. The Kier molecular flexibility index (Phi) is 1.24. The van der Waals surface area contributed by atoms with Gasteiger partial charge in [-0.3, -0.25) is 4.55 Å².